The number of sulfone groups is 1. The number of nitrogen functional groups attached to an aromatic ring is 1. The highest BCUT2D eigenvalue weighted by molar-refractivity contribution is 7.90. The van der Waals surface area contributed by atoms with Crippen LogP contribution in [0.1, 0.15) is 0 Å². The molecule has 0 spiro atoms. The number of nitrogens with two attached hydrogens (primary N) is 1. The second kappa shape index (κ2) is 4.29. The lowest BCUT2D eigenvalue weighted by Gasteiger charge is -2.00. The summed E-state index contributed by atoms with van der Waals surface area (Å²) < 4.78 is 23.1. The summed E-state index contributed by atoms with van der Waals surface area (Å²) in [5.74, 6) is 0. The fraction of sp³-hybridized carbons (Fsp3) is 0.100. The number of hydrogen-bond acceptors (Lipinski definition) is 5. The van der Waals surface area contributed by atoms with Crippen LogP contribution in [0.4, 0.5) is 5.13 Å². The van der Waals surface area contributed by atoms with Crippen molar-refractivity contribution in [2.45, 2.75) is 4.90 Å². The summed E-state index contributed by atoms with van der Waals surface area (Å²) in [6, 6.07) is 6.38. The molecule has 0 aliphatic carbocycles. The molecule has 2 aromatic rings. The standard InChI is InChI=1S/C10H9ClN2O2S2/c1-17(14,15)7-4-2-6(3-5-7)8-9(11)16-10(12)13-8/h2-5H,1H3,(H2,12,13). The van der Waals surface area contributed by atoms with E-state index in [-0.39, 0.29) is 4.90 Å². The van der Waals surface area contributed by atoms with Crippen LogP contribution in [0.25, 0.3) is 11.3 Å². The van der Waals surface area contributed by atoms with E-state index in [4.69, 9.17) is 17.3 Å². The minimum Gasteiger partial charge on any atom is -0.375 e. The molecule has 7 heteroatoms. The number of aromatic nitrogens is 1. The van der Waals surface area contributed by atoms with Gasteiger partial charge in [0.05, 0.1) is 4.90 Å². The number of halogens is 1. The molecule has 2 N–H and O–H groups in total. The fourth-order valence-corrected chi connectivity index (χ4v) is 2.95. The molecule has 0 bridgehead atoms. The molecule has 1 aromatic heterocycles. The number of rotatable bonds is 2. The van der Waals surface area contributed by atoms with Gasteiger partial charge in [-0.3, -0.25) is 0 Å². The fourth-order valence-electron chi connectivity index (χ4n) is 1.36. The summed E-state index contributed by atoms with van der Waals surface area (Å²) in [6.45, 7) is 0. The van der Waals surface area contributed by atoms with E-state index in [0.29, 0.717) is 15.2 Å². The Morgan fingerprint density at radius 3 is 2.29 bits per heavy atom. The molecule has 0 fully saturated rings. The van der Waals surface area contributed by atoms with Gasteiger partial charge in [0.15, 0.2) is 15.0 Å². The van der Waals surface area contributed by atoms with Crippen molar-refractivity contribution < 1.29 is 8.42 Å². The number of hydrogen-bond donors (Lipinski definition) is 1. The van der Waals surface area contributed by atoms with E-state index in [1.54, 1.807) is 12.1 Å². The van der Waals surface area contributed by atoms with Crippen molar-refractivity contribution in [1.29, 1.82) is 0 Å². The molecule has 0 aliphatic rings. The van der Waals surface area contributed by atoms with Gasteiger partial charge in [0.25, 0.3) is 0 Å². The lowest BCUT2D eigenvalue weighted by molar-refractivity contribution is 0.602. The molecule has 1 aromatic carbocycles. The van der Waals surface area contributed by atoms with Crippen molar-refractivity contribution in [3.8, 4) is 11.3 Å². The summed E-state index contributed by atoms with van der Waals surface area (Å²) in [5, 5.41) is 0.386. The molecule has 0 atom stereocenters. The van der Waals surface area contributed by atoms with Crippen LogP contribution >= 0.6 is 22.9 Å². The molecule has 0 aliphatic heterocycles. The van der Waals surface area contributed by atoms with Crippen molar-refractivity contribution >= 4 is 37.9 Å². The van der Waals surface area contributed by atoms with E-state index in [9.17, 15) is 8.42 Å². The predicted molar refractivity (Wildman–Crippen MR) is 70.1 cm³/mol. The van der Waals surface area contributed by atoms with Gasteiger partial charge in [0.2, 0.25) is 0 Å². The van der Waals surface area contributed by atoms with Crippen molar-refractivity contribution in [2.24, 2.45) is 0 Å². The van der Waals surface area contributed by atoms with Crippen LogP contribution < -0.4 is 5.73 Å². The maximum Gasteiger partial charge on any atom is 0.182 e. The highest BCUT2D eigenvalue weighted by Gasteiger charge is 2.11. The van der Waals surface area contributed by atoms with Crippen LogP contribution in [-0.2, 0) is 9.84 Å². The molecule has 1 heterocycles. The summed E-state index contributed by atoms with van der Waals surface area (Å²) in [5.41, 5.74) is 6.87. The summed E-state index contributed by atoms with van der Waals surface area (Å²) in [7, 11) is -3.18. The van der Waals surface area contributed by atoms with Crippen LogP contribution in [0, 0.1) is 0 Å². The zero-order valence-corrected chi connectivity index (χ0v) is 11.2. The zero-order valence-electron chi connectivity index (χ0n) is 8.84. The highest BCUT2D eigenvalue weighted by atomic mass is 35.5. The Bertz CT molecular complexity index is 647. The lowest BCUT2D eigenvalue weighted by atomic mass is 10.2. The van der Waals surface area contributed by atoms with E-state index in [1.807, 2.05) is 0 Å². The van der Waals surface area contributed by atoms with Crippen LogP contribution in [0.15, 0.2) is 29.2 Å². The monoisotopic (exact) mass is 288 g/mol. The first-order valence-electron chi connectivity index (χ1n) is 4.60. The first-order valence-corrected chi connectivity index (χ1v) is 7.69. The van der Waals surface area contributed by atoms with Crippen molar-refractivity contribution in [1.82, 2.24) is 4.98 Å². The molecule has 0 amide bonds. The molecule has 90 valence electrons. The molecular formula is C10H9ClN2O2S2. The largest absolute Gasteiger partial charge is 0.375 e. The zero-order chi connectivity index (χ0) is 12.6. The van der Waals surface area contributed by atoms with Crippen molar-refractivity contribution in [3.05, 3.63) is 28.6 Å². The van der Waals surface area contributed by atoms with Gasteiger partial charge in [-0.15, -0.1) is 0 Å². The van der Waals surface area contributed by atoms with Gasteiger partial charge in [-0.25, -0.2) is 13.4 Å². The van der Waals surface area contributed by atoms with Gasteiger partial charge in [-0.05, 0) is 12.1 Å². The molecule has 17 heavy (non-hydrogen) atoms. The van der Waals surface area contributed by atoms with E-state index < -0.39 is 9.84 Å². The van der Waals surface area contributed by atoms with E-state index in [1.165, 1.54) is 23.5 Å². The number of thiazole rings is 1. The first kappa shape index (κ1) is 12.3. The summed E-state index contributed by atoms with van der Waals surface area (Å²) in [6.07, 6.45) is 1.16. The third-order valence-corrected chi connectivity index (χ3v) is 4.37. The molecular weight excluding hydrogens is 280 g/mol. The Labute approximate surface area is 108 Å². The highest BCUT2D eigenvalue weighted by Crippen LogP contribution is 2.33. The molecule has 0 saturated carbocycles. The summed E-state index contributed by atoms with van der Waals surface area (Å²) >= 11 is 7.15. The molecule has 0 saturated heterocycles. The van der Waals surface area contributed by atoms with E-state index in [0.717, 1.165) is 11.8 Å². The SMILES string of the molecule is CS(=O)(=O)c1ccc(-c2nc(N)sc2Cl)cc1. The van der Waals surface area contributed by atoms with Crippen molar-refractivity contribution in [3.63, 3.8) is 0 Å². The molecule has 2 rings (SSSR count). The van der Waals surface area contributed by atoms with E-state index >= 15 is 0 Å². The smallest absolute Gasteiger partial charge is 0.182 e. The van der Waals surface area contributed by atoms with Gasteiger partial charge in [-0.2, -0.15) is 0 Å². The number of anilines is 1. The van der Waals surface area contributed by atoms with E-state index in [2.05, 4.69) is 4.98 Å². The molecule has 0 unspecified atom stereocenters. The topological polar surface area (TPSA) is 73.0 Å². The summed E-state index contributed by atoms with van der Waals surface area (Å²) in [4.78, 5) is 4.35. The number of nitrogens with zero attached hydrogens (tertiary/aromatic N) is 1. The average molecular weight is 289 g/mol. The Kier molecular flexibility index (Phi) is 3.11. The minimum absolute atomic E-state index is 0.264. The van der Waals surface area contributed by atoms with Crippen LogP contribution in [-0.4, -0.2) is 19.7 Å². The van der Waals surface area contributed by atoms with Crippen LogP contribution in [0.2, 0.25) is 4.34 Å². The Morgan fingerprint density at radius 2 is 1.88 bits per heavy atom. The van der Waals surface area contributed by atoms with Crippen LogP contribution in [0.3, 0.4) is 0 Å². The van der Waals surface area contributed by atoms with Gasteiger partial charge < -0.3 is 5.73 Å². The second-order valence-electron chi connectivity index (χ2n) is 3.47. The van der Waals surface area contributed by atoms with Gasteiger partial charge in [0.1, 0.15) is 10.0 Å². The second-order valence-corrected chi connectivity index (χ2v) is 7.12. The van der Waals surface area contributed by atoms with Gasteiger partial charge in [-0.1, -0.05) is 35.1 Å². The van der Waals surface area contributed by atoms with Gasteiger partial charge in [0, 0.05) is 11.8 Å². The molecule has 4 nitrogen and oxygen atoms in total. The Morgan fingerprint density at radius 1 is 1.29 bits per heavy atom. The number of benzene rings is 1. The predicted octanol–water partition coefficient (Wildman–Crippen LogP) is 2.45. The maximum atomic E-state index is 11.3. The Hall–Kier alpha value is -1.11. The van der Waals surface area contributed by atoms with Gasteiger partial charge >= 0.3 is 0 Å². The Balaban J connectivity index is 2.46. The average Bonchev–Trinajstić information content (AvgIpc) is 2.57. The third-order valence-electron chi connectivity index (χ3n) is 2.16. The quantitative estimate of drug-likeness (QED) is 0.921. The molecule has 0 radical (unpaired) electrons. The van der Waals surface area contributed by atoms with Crippen LogP contribution in [0.5, 0.6) is 0 Å². The normalized spacial score (nSPS) is 11.6. The third kappa shape index (κ3) is 2.59. The maximum absolute atomic E-state index is 11.3. The lowest BCUT2D eigenvalue weighted by Crippen LogP contribution is -1.96. The first-order chi connectivity index (χ1) is 7.88. The van der Waals surface area contributed by atoms with Crippen molar-refractivity contribution in [2.75, 3.05) is 12.0 Å². The minimum atomic E-state index is -3.18.